The molecule has 1 amide bonds. The molecule has 162 valence electrons. The van der Waals surface area contributed by atoms with Gasteiger partial charge in [0.15, 0.2) is 11.5 Å². The molecule has 1 fully saturated rings. The van der Waals surface area contributed by atoms with Crippen LogP contribution in [0.25, 0.3) is 0 Å². The fraction of sp³-hybridized carbons (Fsp3) is 0.348. The van der Waals surface area contributed by atoms with Gasteiger partial charge in [-0.1, -0.05) is 18.2 Å². The summed E-state index contributed by atoms with van der Waals surface area (Å²) in [5.41, 5.74) is 4.63. The molecule has 0 radical (unpaired) electrons. The van der Waals surface area contributed by atoms with Gasteiger partial charge in [0, 0.05) is 31.9 Å². The third kappa shape index (κ3) is 4.47. The number of hydrogen-bond donors (Lipinski definition) is 2. The first-order valence-electron chi connectivity index (χ1n) is 10.6. The van der Waals surface area contributed by atoms with Gasteiger partial charge in [0.1, 0.15) is 5.75 Å². The summed E-state index contributed by atoms with van der Waals surface area (Å²) < 4.78 is 5.76. The van der Waals surface area contributed by atoms with E-state index >= 15 is 0 Å². The number of nitrogens with zero attached hydrogens (tertiary/aromatic N) is 4. The Hall–Kier alpha value is -3.55. The molecule has 0 aliphatic carbocycles. The summed E-state index contributed by atoms with van der Waals surface area (Å²) in [5.74, 6) is 1.19. The van der Waals surface area contributed by atoms with Crippen LogP contribution in [0.2, 0.25) is 0 Å². The molecule has 2 N–H and O–H groups in total. The number of aromatic nitrogens is 3. The summed E-state index contributed by atoms with van der Waals surface area (Å²) >= 11 is 0. The fourth-order valence-electron chi connectivity index (χ4n) is 3.72. The minimum atomic E-state index is -0.127. The number of benzene rings is 2. The van der Waals surface area contributed by atoms with Crippen molar-refractivity contribution < 1.29 is 9.53 Å². The van der Waals surface area contributed by atoms with Gasteiger partial charge in [-0.3, -0.25) is 4.79 Å². The third-order valence-electron chi connectivity index (χ3n) is 5.59. The van der Waals surface area contributed by atoms with E-state index in [-0.39, 0.29) is 5.91 Å². The number of amides is 1. The Morgan fingerprint density at radius 2 is 1.84 bits per heavy atom. The zero-order valence-electron chi connectivity index (χ0n) is 18.2. The Labute approximate surface area is 182 Å². The van der Waals surface area contributed by atoms with E-state index < -0.39 is 0 Å². The average Bonchev–Trinajstić information content (AvgIpc) is 3.25. The molecule has 0 bridgehead atoms. The molecule has 2 aromatic carbocycles. The lowest BCUT2D eigenvalue weighted by atomic mass is 10.1. The Balaban J connectivity index is 1.43. The molecule has 1 aromatic heterocycles. The number of para-hydroxylation sites is 2. The summed E-state index contributed by atoms with van der Waals surface area (Å²) in [5, 5.41) is 14.1. The molecular formula is C23H28N6O2. The molecule has 1 aliphatic rings. The smallest absolute Gasteiger partial charge is 0.278 e. The molecule has 0 spiro atoms. The maximum atomic E-state index is 13.1. The lowest BCUT2D eigenvalue weighted by Gasteiger charge is -2.36. The highest BCUT2D eigenvalue weighted by atomic mass is 16.5. The average molecular weight is 421 g/mol. The predicted octanol–water partition coefficient (Wildman–Crippen LogP) is 3.53. The van der Waals surface area contributed by atoms with E-state index in [1.54, 1.807) is 0 Å². The minimum Gasteiger partial charge on any atom is -0.492 e. The topological polar surface area (TPSA) is 86.4 Å². The number of anilines is 3. The molecule has 1 saturated heterocycles. The first-order valence-corrected chi connectivity index (χ1v) is 10.6. The first-order chi connectivity index (χ1) is 15.1. The second kappa shape index (κ2) is 9.07. The normalized spacial score (nSPS) is 13.9. The molecule has 8 heteroatoms. The van der Waals surface area contributed by atoms with Crippen molar-refractivity contribution in [3.63, 3.8) is 0 Å². The Bertz CT molecular complexity index is 1060. The molecule has 8 nitrogen and oxygen atoms in total. The van der Waals surface area contributed by atoms with Crippen molar-refractivity contribution in [2.75, 3.05) is 43.0 Å². The van der Waals surface area contributed by atoms with Crippen LogP contribution in [0.1, 0.15) is 28.5 Å². The number of aromatic amines is 1. The van der Waals surface area contributed by atoms with Gasteiger partial charge in [-0.05, 0) is 56.2 Å². The quantitative estimate of drug-likeness (QED) is 0.635. The van der Waals surface area contributed by atoms with Crippen LogP contribution in [-0.4, -0.2) is 59.0 Å². The van der Waals surface area contributed by atoms with Crippen LogP contribution in [-0.2, 0) is 0 Å². The third-order valence-corrected chi connectivity index (χ3v) is 5.59. The molecule has 3 aromatic rings. The van der Waals surface area contributed by atoms with E-state index in [0.717, 1.165) is 30.2 Å². The van der Waals surface area contributed by atoms with E-state index in [2.05, 4.69) is 45.5 Å². The van der Waals surface area contributed by atoms with Gasteiger partial charge in [-0.2, -0.15) is 5.21 Å². The van der Waals surface area contributed by atoms with Crippen molar-refractivity contribution in [1.82, 2.24) is 20.3 Å². The predicted molar refractivity (Wildman–Crippen MR) is 121 cm³/mol. The number of carbonyl (C=O) groups is 1. The summed E-state index contributed by atoms with van der Waals surface area (Å²) in [6, 6.07) is 14.1. The fourth-order valence-corrected chi connectivity index (χ4v) is 3.72. The van der Waals surface area contributed by atoms with Gasteiger partial charge < -0.3 is 19.9 Å². The molecule has 0 atom stereocenters. The van der Waals surface area contributed by atoms with Crippen LogP contribution < -0.4 is 15.0 Å². The van der Waals surface area contributed by atoms with Gasteiger partial charge in [0.05, 0.1) is 12.3 Å². The molecule has 0 unspecified atom stereocenters. The van der Waals surface area contributed by atoms with Crippen LogP contribution in [0, 0.1) is 13.8 Å². The lowest BCUT2D eigenvalue weighted by molar-refractivity contribution is 0.0741. The largest absolute Gasteiger partial charge is 0.492 e. The number of carbonyl (C=O) groups excluding carboxylic acids is 1. The summed E-state index contributed by atoms with van der Waals surface area (Å²) in [7, 11) is 0. The second-order valence-electron chi connectivity index (χ2n) is 7.62. The summed E-state index contributed by atoms with van der Waals surface area (Å²) in [6.45, 7) is 9.40. The first kappa shape index (κ1) is 20.7. The van der Waals surface area contributed by atoms with Crippen LogP contribution in [0.5, 0.6) is 5.75 Å². The van der Waals surface area contributed by atoms with Crippen molar-refractivity contribution in [2.24, 2.45) is 0 Å². The maximum absolute atomic E-state index is 13.1. The van der Waals surface area contributed by atoms with Gasteiger partial charge in [0.2, 0.25) is 0 Å². The van der Waals surface area contributed by atoms with Crippen LogP contribution in [0.15, 0.2) is 42.5 Å². The molecule has 4 rings (SSSR count). The molecule has 1 aliphatic heterocycles. The zero-order valence-corrected chi connectivity index (χ0v) is 18.2. The maximum Gasteiger partial charge on any atom is 0.278 e. The second-order valence-corrected chi connectivity index (χ2v) is 7.62. The number of rotatable bonds is 6. The molecule has 0 saturated carbocycles. The van der Waals surface area contributed by atoms with E-state index in [1.807, 2.05) is 48.2 Å². The van der Waals surface area contributed by atoms with Crippen molar-refractivity contribution in [1.29, 1.82) is 0 Å². The number of nitrogens with one attached hydrogen (secondary N) is 2. The van der Waals surface area contributed by atoms with E-state index in [4.69, 9.17) is 4.74 Å². The lowest BCUT2D eigenvalue weighted by Crippen LogP contribution is -2.49. The Kier molecular flexibility index (Phi) is 6.06. The number of hydrogen-bond acceptors (Lipinski definition) is 6. The highest BCUT2D eigenvalue weighted by Gasteiger charge is 2.27. The van der Waals surface area contributed by atoms with Crippen LogP contribution >= 0.6 is 0 Å². The van der Waals surface area contributed by atoms with Crippen molar-refractivity contribution in [2.45, 2.75) is 20.8 Å². The van der Waals surface area contributed by atoms with E-state index in [1.165, 1.54) is 11.1 Å². The number of ether oxygens (including phenoxy) is 1. The number of piperazine rings is 1. The van der Waals surface area contributed by atoms with Crippen LogP contribution in [0.4, 0.5) is 17.2 Å². The summed E-state index contributed by atoms with van der Waals surface area (Å²) in [4.78, 5) is 17.2. The van der Waals surface area contributed by atoms with Crippen molar-refractivity contribution in [3.8, 4) is 5.75 Å². The molecule has 31 heavy (non-hydrogen) atoms. The van der Waals surface area contributed by atoms with Crippen molar-refractivity contribution >= 4 is 23.1 Å². The minimum absolute atomic E-state index is 0.127. The van der Waals surface area contributed by atoms with Gasteiger partial charge in [0.25, 0.3) is 5.91 Å². The summed E-state index contributed by atoms with van der Waals surface area (Å²) in [6.07, 6.45) is 0. The van der Waals surface area contributed by atoms with E-state index in [0.29, 0.717) is 31.2 Å². The van der Waals surface area contributed by atoms with Gasteiger partial charge in [-0.25, -0.2) is 0 Å². The Morgan fingerprint density at radius 3 is 2.58 bits per heavy atom. The van der Waals surface area contributed by atoms with Crippen LogP contribution in [0.3, 0.4) is 0 Å². The molecule has 2 heterocycles. The van der Waals surface area contributed by atoms with Gasteiger partial charge >= 0.3 is 0 Å². The molecular weight excluding hydrogens is 392 g/mol. The van der Waals surface area contributed by atoms with E-state index in [9.17, 15) is 4.79 Å². The Morgan fingerprint density at radius 1 is 1.06 bits per heavy atom. The highest BCUT2D eigenvalue weighted by Crippen LogP contribution is 2.29. The number of aryl methyl sites for hydroxylation is 2. The SMILES string of the molecule is CCOc1ccccc1N1CCN(C(=O)c2n[nH]nc2Nc2ccc(C)c(C)c2)CC1. The standard InChI is InChI=1S/C23H28N6O2/c1-4-31-20-8-6-5-7-19(20)28-11-13-29(14-12-28)23(30)21-22(26-27-25-21)24-18-10-9-16(2)17(3)15-18/h5-10,15H,4,11-14H2,1-3H3,(H2,24,25,26,27). The highest BCUT2D eigenvalue weighted by molar-refractivity contribution is 5.97. The number of H-pyrrole nitrogens is 1. The van der Waals surface area contributed by atoms with Gasteiger partial charge in [-0.15, -0.1) is 10.2 Å². The monoisotopic (exact) mass is 420 g/mol. The zero-order chi connectivity index (χ0) is 21.8. The van der Waals surface area contributed by atoms with Crippen molar-refractivity contribution in [3.05, 3.63) is 59.3 Å².